The Balaban J connectivity index is 1.36. The van der Waals surface area contributed by atoms with Gasteiger partial charge in [0.1, 0.15) is 0 Å². The third-order valence-corrected chi connectivity index (χ3v) is 16.8. The summed E-state index contributed by atoms with van der Waals surface area (Å²) in [6, 6.07) is 29.8. The van der Waals surface area contributed by atoms with Crippen molar-refractivity contribution in [3.05, 3.63) is 123 Å². The normalized spacial score (nSPS) is 19.1. The minimum absolute atomic E-state index is 0.0118. The Morgan fingerprint density at radius 3 is 1.78 bits per heavy atom. The van der Waals surface area contributed by atoms with Gasteiger partial charge in [0, 0.05) is 37.6 Å². The molecule has 4 aliphatic rings. The van der Waals surface area contributed by atoms with Crippen molar-refractivity contribution >= 4 is 78.0 Å². The van der Waals surface area contributed by atoms with Gasteiger partial charge in [0.2, 0.25) is 0 Å². The summed E-state index contributed by atoms with van der Waals surface area (Å²) in [5.41, 5.74) is 24.1. The lowest BCUT2D eigenvalue weighted by atomic mass is 9.35. The molecule has 0 unspecified atom stereocenters. The number of rotatable bonds is 2. The number of aryl methyl sites for hydroxylation is 4. The molecular weight excluding hydrogens is 744 g/mol. The van der Waals surface area contributed by atoms with E-state index in [1.165, 1.54) is 130 Å². The van der Waals surface area contributed by atoms with Gasteiger partial charge in [0.15, 0.2) is 0 Å². The molecule has 5 aromatic carbocycles. The van der Waals surface area contributed by atoms with Gasteiger partial charge in [-0.2, -0.15) is 0 Å². The zero-order valence-corrected chi connectivity index (χ0v) is 40.0. The summed E-state index contributed by atoms with van der Waals surface area (Å²) in [6.45, 7) is 36.3. The number of hydrogen-bond donors (Lipinski definition) is 0. The van der Waals surface area contributed by atoms with E-state index in [1.54, 1.807) is 5.56 Å². The van der Waals surface area contributed by atoms with Crippen molar-refractivity contribution in [1.82, 2.24) is 0 Å². The second-order valence-electron chi connectivity index (χ2n) is 23.0. The number of nitrogens with zero attached hydrogens (tertiary/aromatic N) is 2. The molecule has 1 aromatic heterocycles. The first-order chi connectivity index (χ1) is 28.0. The molecular formula is C56H65BN2S. The van der Waals surface area contributed by atoms with Gasteiger partial charge in [-0.05, 0) is 172 Å². The van der Waals surface area contributed by atoms with Crippen LogP contribution in [0, 0.1) is 27.7 Å². The molecule has 3 heterocycles. The number of thiophene rings is 1. The lowest BCUT2D eigenvalue weighted by Gasteiger charge is -2.49. The predicted molar refractivity (Wildman–Crippen MR) is 264 cm³/mol. The molecule has 0 N–H and O–H groups in total. The Morgan fingerprint density at radius 1 is 0.550 bits per heavy atom. The first kappa shape index (κ1) is 39.8. The van der Waals surface area contributed by atoms with Crippen LogP contribution in [0.1, 0.15) is 152 Å². The van der Waals surface area contributed by atoms with Gasteiger partial charge in [-0.3, -0.25) is 0 Å². The van der Waals surface area contributed by atoms with Crippen LogP contribution in [0.25, 0.3) is 10.1 Å². The van der Waals surface area contributed by atoms with Crippen LogP contribution in [0.2, 0.25) is 0 Å². The van der Waals surface area contributed by atoms with Gasteiger partial charge in [-0.1, -0.05) is 118 Å². The van der Waals surface area contributed by atoms with E-state index in [2.05, 4.69) is 186 Å². The summed E-state index contributed by atoms with van der Waals surface area (Å²) in [6.07, 6.45) is 4.77. The van der Waals surface area contributed by atoms with Crippen LogP contribution in [-0.4, -0.2) is 6.71 Å². The number of fused-ring (bicyclic) bond motifs is 9. The molecule has 2 nitrogen and oxygen atoms in total. The first-order valence-electron chi connectivity index (χ1n) is 22.7. The van der Waals surface area contributed by atoms with E-state index in [-0.39, 0.29) is 33.8 Å². The largest absolute Gasteiger partial charge is 0.311 e. The predicted octanol–water partition coefficient (Wildman–Crippen LogP) is 14.2. The third-order valence-electron chi connectivity index (χ3n) is 15.6. The first-order valence-corrected chi connectivity index (χ1v) is 23.5. The third kappa shape index (κ3) is 5.64. The maximum atomic E-state index is 2.76. The zero-order chi connectivity index (χ0) is 42.8. The number of benzene rings is 5. The molecule has 0 fully saturated rings. The van der Waals surface area contributed by atoms with Gasteiger partial charge in [-0.25, -0.2) is 0 Å². The second-order valence-corrected chi connectivity index (χ2v) is 24.1. The van der Waals surface area contributed by atoms with E-state index in [0.29, 0.717) is 0 Å². The van der Waals surface area contributed by atoms with E-state index in [9.17, 15) is 0 Å². The van der Waals surface area contributed by atoms with Crippen molar-refractivity contribution in [1.29, 1.82) is 0 Å². The van der Waals surface area contributed by atoms with Crippen LogP contribution in [0.3, 0.4) is 0 Å². The number of hydrogen-bond acceptors (Lipinski definition) is 3. The van der Waals surface area contributed by atoms with Crippen LogP contribution in [0.5, 0.6) is 0 Å². The lowest BCUT2D eigenvalue weighted by Crippen LogP contribution is -2.61. The molecule has 4 heteroatoms. The minimum Gasteiger partial charge on any atom is -0.311 e. The molecule has 2 aliphatic heterocycles. The molecule has 0 radical (unpaired) electrons. The van der Waals surface area contributed by atoms with Gasteiger partial charge >= 0.3 is 0 Å². The summed E-state index contributed by atoms with van der Waals surface area (Å²) in [5.74, 6) is 0. The smallest absolute Gasteiger partial charge is 0.264 e. The monoisotopic (exact) mass is 808 g/mol. The van der Waals surface area contributed by atoms with Crippen LogP contribution in [-0.2, 0) is 27.1 Å². The quantitative estimate of drug-likeness (QED) is 0.161. The topological polar surface area (TPSA) is 6.48 Å². The van der Waals surface area contributed by atoms with Crippen LogP contribution in [0.15, 0.2) is 72.8 Å². The average molecular weight is 809 g/mol. The van der Waals surface area contributed by atoms with Gasteiger partial charge < -0.3 is 9.80 Å². The van der Waals surface area contributed by atoms with Gasteiger partial charge in [0.05, 0.1) is 11.4 Å². The maximum absolute atomic E-state index is 2.76. The van der Waals surface area contributed by atoms with E-state index in [1.807, 2.05) is 11.3 Å². The summed E-state index contributed by atoms with van der Waals surface area (Å²) < 4.78 is 2.83. The zero-order valence-electron chi connectivity index (χ0n) is 39.1. The van der Waals surface area contributed by atoms with Crippen molar-refractivity contribution < 1.29 is 0 Å². The van der Waals surface area contributed by atoms with E-state index in [4.69, 9.17) is 0 Å². The molecule has 0 bridgehead atoms. The molecule has 2 aliphatic carbocycles. The van der Waals surface area contributed by atoms with E-state index < -0.39 is 0 Å². The highest BCUT2D eigenvalue weighted by Gasteiger charge is 2.50. The van der Waals surface area contributed by atoms with E-state index in [0.717, 1.165) is 0 Å². The van der Waals surface area contributed by atoms with Crippen LogP contribution >= 0.6 is 11.3 Å². The van der Waals surface area contributed by atoms with Crippen LogP contribution < -0.4 is 25.5 Å². The molecule has 10 rings (SSSR count). The molecule has 0 atom stereocenters. The summed E-state index contributed by atoms with van der Waals surface area (Å²) >= 11 is 2.02. The highest BCUT2D eigenvalue weighted by molar-refractivity contribution is 7.33. The Bertz CT molecular complexity index is 2800. The molecule has 0 saturated heterocycles. The van der Waals surface area contributed by atoms with Crippen molar-refractivity contribution in [2.24, 2.45) is 0 Å². The Labute approximate surface area is 365 Å². The molecule has 60 heavy (non-hydrogen) atoms. The molecule has 6 aromatic rings. The highest BCUT2D eigenvalue weighted by Crippen LogP contribution is 2.56. The summed E-state index contributed by atoms with van der Waals surface area (Å²) in [7, 11) is 0. The summed E-state index contributed by atoms with van der Waals surface area (Å²) in [4.78, 5) is 5.47. The second kappa shape index (κ2) is 12.7. The van der Waals surface area contributed by atoms with Crippen molar-refractivity contribution in [2.75, 3.05) is 9.80 Å². The molecule has 0 amide bonds. The van der Waals surface area contributed by atoms with Crippen LogP contribution in [0.4, 0.5) is 34.1 Å². The fourth-order valence-electron chi connectivity index (χ4n) is 11.9. The van der Waals surface area contributed by atoms with Crippen molar-refractivity contribution in [2.45, 2.75) is 157 Å². The Kier molecular flexibility index (Phi) is 8.40. The van der Waals surface area contributed by atoms with Crippen molar-refractivity contribution in [3.8, 4) is 0 Å². The fourth-order valence-corrected chi connectivity index (χ4v) is 13.2. The maximum Gasteiger partial charge on any atom is 0.264 e. The molecule has 0 spiro atoms. The average Bonchev–Trinajstić information content (AvgIpc) is 3.53. The van der Waals surface area contributed by atoms with Gasteiger partial charge in [-0.15, -0.1) is 11.3 Å². The standard InChI is InChI=1S/C56H65BN2S/c1-32-16-21-45-38(26-32)49-51(60-45)57-42-20-19-40-46(56(14,15)25-24-54(40,10)11)50(42)58(37-17-18-39-41(31-37)55(12,13)23-22-53(39,8)9)43-27-33(2)28-44(47(43)57)59(49)48-34(3)29-36(30-35(48)4)52(5,6)7/h16-21,26-31H,22-25H2,1-15H3. The SMILES string of the molecule is Cc1cc2c3c(c1)N(c1c(C)cc(C(C)(C)C)cc1C)c1c(sc4ccc(C)cc14)B3c1ccc3c(c1N2c1ccc2c(c1)C(C)(C)CCC2(C)C)C(C)(C)CCC3(C)C. The highest BCUT2D eigenvalue weighted by atomic mass is 32.1. The van der Waals surface area contributed by atoms with E-state index >= 15 is 0 Å². The lowest BCUT2D eigenvalue weighted by molar-refractivity contribution is 0.331. The molecule has 308 valence electrons. The van der Waals surface area contributed by atoms with Gasteiger partial charge in [0.25, 0.3) is 6.71 Å². The van der Waals surface area contributed by atoms with Crippen molar-refractivity contribution in [3.63, 3.8) is 0 Å². The number of anilines is 6. The minimum atomic E-state index is 0.0118. The fraction of sp³-hybridized carbons (Fsp3) is 0.429. The Hall–Kier alpha value is -4.28. The Morgan fingerprint density at radius 2 is 1.13 bits per heavy atom. The summed E-state index contributed by atoms with van der Waals surface area (Å²) in [5, 5.41) is 1.37. The molecule has 0 saturated carbocycles.